The average molecular weight is 280 g/mol. The highest BCUT2D eigenvalue weighted by atomic mass is 19.1. The van der Waals surface area contributed by atoms with Crippen LogP contribution in [0.4, 0.5) is 4.39 Å². The number of hydrogen-bond acceptors (Lipinski definition) is 2. The fraction of sp³-hybridized carbons (Fsp3) is 0.0556. The van der Waals surface area contributed by atoms with E-state index in [1.807, 2.05) is 42.5 Å². The van der Waals surface area contributed by atoms with Crippen LogP contribution in [0.2, 0.25) is 0 Å². The number of carbonyl (C=O) groups is 1. The molecule has 0 saturated heterocycles. The number of ether oxygens (including phenoxy) is 1. The Morgan fingerprint density at radius 3 is 2.57 bits per heavy atom. The first-order chi connectivity index (χ1) is 10.3. The van der Waals surface area contributed by atoms with Crippen LogP contribution in [0.15, 0.2) is 60.7 Å². The molecular weight excluding hydrogens is 267 g/mol. The maximum Gasteiger partial charge on any atom is 0.165 e. The zero-order chi connectivity index (χ0) is 14.7. The van der Waals surface area contributed by atoms with Crippen LogP contribution in [-0.4, -0.2) is 6.29 Å². The van der Waals surface area contributed by atoms with Crippen LogP contribution in [0, 0.1) is 5.82 Å². The Balaban J connectivity index is 1.93. The summed E-state index contributed by atoms with van der Waals surface area (Å²) >= 11 is 0. The molecule has 0 atom stereocenters. The van der Waals surface area contributed by atoms with Crippen molar-refractivity contribution in [1.29, 1.82) is 0 Å². The summed E-state index contributed by atoms with van der Waals surface area (Å²) in [4.78, 5) is 11.0. The van der Waals surface area contributed by atoms with Crippen LogP contribution in [0.1, 0.15) is 15.9 Å². The Morgan fingerprint density at radius 2 is 1.71 bits per heavy atom. The summed E-state index contributed by atoms with van der Waals surface area (Å²) in [6.45, 7) is 0.211. The van der Waals surface area contributed by atoms with Gasteiger partial charge in [-0.25, -0.2) is 4.39 Å². The van der Waals surface area contributed by atoms with Gasteiger partial charge in [-0.2, -0.15) is 0 Å². The zero-order valence-corrected chi connectivity index (χ0v) is 11.3. The molecule has 0 aliphatic heterocycles. The summed E-state index contributed by atoms with van der Waals surface area (Å²) in [6, 6.07) is 18.1. The molecule has 104 valence electrons. The van der Waals surface area contributed by atoms with Crippen LogP contribution in [0.25, 0.3) is 10.8 Å². The SMILES string of the molecule is O=Cc1cccc(F)c1OCc1cccc2ccccc12. The summed E-state index contributed by atoms with van der Waals surface area (Å²) in [6.07, 6.45) is 0.599. The van der Waals surface area contributed by atoms with Gasteiger partial charge in [0.25, 0.3) is 0 Å². The summed E-state index contributed by atoms with van der Waals surface area (Å²) in [5.74, 6) is -0.528. The molecule has 3 heteroatoms. The standard InChI is InChI=1S/C18H13FO2/c19-17-10-4-7-14(11-20)18(17)21-12-15-8-3-6-13-5-1-2-9-16(13)15/h1-11H,12H2. The minimum absolute atomic E-state index is 0.000402. The van der Waals surface area contributed by atoms with Gasteiger partial charge in [-0.3, -0.25) is 4.79 Å². The molecule has 0 aliphatic carbocycles. The van der Waals surface area contributed by atoms with Gasteiger partial charge in [0.05, 0.1) is 5.56 Å². The zero-order valence-electron chi connectivity index (χ0n) is 11.3. The van der Waals surface area contributed by atoms with Crippen molar-refractivity contribution < 1.29 is 13.9 Å². The summed E-state index contributed by atoms with van der Waals surface area (Å²) in [5.41, 5.74) is 1.17. The van der Waals surface area contributed by atoms with Crippen molar-refractivity contribution >= 4 is 17.1 Å². The molecule has 2 nitrogen and oxygen atoms in total. The van der Waals surface area contributed by atoms with Crippen LogP contribution in [0.5, 0.6) is 5.75 Å². The van der Waals surface area contributed by atoms with Crippen LogP contribution >= 0.6 is 0 Å². The molecule has 0 aromatic heterocycles. The van der Waals surface area contributed by atoms with Crippen molar-refractivity contribution in [2.45, 2.75) is 6.61 Å². The fourth-order valence-electron chi connectivity index (χ4n) is 2.34. The van der Waals surface area contributed by atoms with Gasteiger partial charge in [0, 0.05) is 0 Å². The maximum atomic E-state index is 13.8. The molecule has 0 fully saturated rings. The molecule has 0 saturated carbocycles. The molecule has 0 spiro atoms. The van der Waals surface area contributed by atoms with E-state index in [0.29, 0.717) is 6.29 Å². The minimum atomic E-state index is -0.528. The highest BCUT2D eigenvalue weighted by Crippen LogP contribution is 2.24. The third-order valence-electron chi connectivity index (χ3n) is 3.38. The largest absolute Gasteiger partial charge is 0.485 e. The first kappa shape index (κ1) is 13.3. The Bertz CT molecular complexity index is 791. The number of hydrogen-bond donors (Lipinski definition) is 0. The molecule has 0 amide bonds. The van der Waals surface area contributed by atoms with Gasteiger partial charge in [0.15, 0.2) is 17.9 Å². The highest BCUT2D eigenvalue weighted by Gasteiger charge is 2.10. The van der Waals surface area contributed by atoms with E-state index in [4.69, 9.17) is 4.74 Å². The molecule has 0 heterocycles. The molecule has 3 aromatic carbocycles. The molecular formula is C18H13FO2. The lowest BCUT2D eigenvalue weighted by molar-refractivity contribution is 0.111. The lowest BCUT2D eigenvalue weighted by Crippen LogP contribution is -2.01. The predicted molar refractivity (Wildman–Crippen MR) is 80.1 cm³/mol. The first-order valence-corrected chi connectivity index (χ1v) is 6.63. The number of rotatable bonds is 4. The lowest BCUT2D eigenvalue weighted by Gasteiger charge is -2.11. The summed E-state index contributed by atoms with van der Waals surface area (Å²) < 4.78 is 19.3. The van der Waals surface area contributed by atoms with Gasteiger partial charge in [-0.15, -0.1) is 0 Å². The second-order valence-corrected chi connectivity index (χ2v) is 4.70. The van der Waals surface area contributed by atoms with Gasteiger partial charge in [-0.05, 0) is 28.5 Å². The van der Waals surface area contributed by atoms with Gasteiger partial charge in [0.1, 0.15) is 6.61 Å². The quantitative estimate of drug-likeness (QED) is 0.663. The molecule has 0 aliphatic rings. The van der Waals surface area contributed by atoms with Crippen LogP contribution < -0.4 is 4.74 Å². The number of fused-ring (bicyclic) bond motifs is 1. The summed E-state index contributed by atoms with van der Waals surface area (Å²) in [7, 11) is 0. The number of benzene rings is 3. The van der Waals surface area contributed by atoms with E-state index in [1.165, 1.54) is 18.2 Å². The molecule has 0 N–H and O–H groups in total. The van der Waals surface area contributed by atoms with Gasteiger partial charge in [-0.1, -0.05) is 48.5 Å². The van der Waals surface area contributed by atoms with Gasteiger partial charge < -0.3 is 4.74 Å². The van der Waals surface area contributed by atoms with Crippen molar-refractivity contribution in [3.8, 4) is 5.75 Å². The lowest BCUT2D eigenvalue weighted by atomic mass is 10.1. The predicted octanol–water partition coefficient (Wildman–Crippen LogP) is 4.37. The van der Waals surface area contributed by atoms with E-state index in [9.17, 15) is 9.18 Å². The van der Waals surface area contributed by atoms with E-state index in [0.717, 1.165) is 16.3 Å². The summed E-state index contributed by atoms with van der Waals surface area (Å²) in [5, 5.41) is 2.16. The minimum Gasteiger partial charge on any atom is -0.485 e. The van der Waals surface area contributed by atoms with Crippen molar-refractivity contribution in [2.24, 2.45) is 0 Å². The topological polar surface area (TPSA) is 26.3 Å². The molecule has 3 rings (SSSR count). The van der Waals surface area contributed by atoms with Gasteiger partial charge >= 0.3 is 0 Å². The molecule has 0 bridgehead atoms. The van der Waals surface area contributed by atoms with Crippen LogP contribution in [-0.2, 0) is 6.61 Å². The number of carbonyl (C=O) groups excluding carboxylic acids is 1. The fourth-order valence-corrected chi connectivity index (χ4v) is 2.34. The van der Waals surface area contributed by atoms with E-state index in [1.54, 1.807) is 0 Å². The molecule has 3 aromatic rings. The van der Waals surface area contributed by atoms with Crippen molar-refractivity contribution in [3.63, 3.8) is 0 Å². The van der Waals surface area contributed by atoms with Crippen molar-refractivity contribution in [2.75, 3.05) is 0 Å². The third kappa shape index (κ3) is 2.63. The normalized spacial score (nSPS) is 10.5. The van der Waals surface area contributed by atoms with E-state index in [2.05, 4.69) is 0 Å². The van der Waals surface area contributed by atoms with E-state index >= 15 is 0 Å². The molecule has 0 radical (unpaired) electrons. The maximum absolute atomic E-state index is 13.8. The Kier molecular flexibility index (Phi) is 3.65. The van der Waals surface area contributed by atoms with Crippen molar-refractivity contribution in [1.82, 2.24) is 0 Å². The second-order valence-electron chi connectivity index (χ2n) is 4.70. The molecule has 21 heavy (non-hydrogen) atoms. The smallest absolute Gasteiger partial charge is 0.165 e. The third-order valence-corrected chi connectivity index (χ3v) is 3.38. The van der Waals surface area contributed by atoms with Crippen molar-refractivity contribution in [3.05, 3.63) is 77.6 Å². The van der Waals surface area contributed by atoms with Gasteiger partial charge in [0.2, 0.25) is 0 Å². The van der Waals surface area contributed by atoms with E-state index in [-0.39, 0.29) is 17.9 Å². The second kappa shape index (κ2) is 5.75. The average Bonchev–Trinajstić information content (AvgIpc) is 2.53. The Labute approximate surface area is 121 Å². The first-order valence-electron chi connectivity index (χ1n) is 6.63. The van der Waals surface area contributed by atoms with E-state index < -0.39 is 5.82 Å². The number of aldehydes is 1. The monoisotopic (exact) mass is 280 g/mol. The Morgan fingerprint density at radius 1 is 0.952 bits per heavy atom. The number of halogens is 1. The Hall–Kier alpha value is -2.68. The molecule has 0 unspecified atom stereocenters. The van der Waals surface area contributed by atoms with Crippen LogP contribution in [0.3, 0.4) is 0 Å². The highest BCUT2D eigenvalue weighted by molar-refractivity contribution is 5.85. The number of para-hydroxylation sites is 1.